The molecule has 0 amide bonds. The molecular weight excluding hydrogens is 386 g/mol. The van der Waals surface area contributed by atoms with Gasteiger partial charge in [-0.3, -0.25) is 4.99 Å². The minimum Gasteiger partial charge on any atom is -0.493 e. The molecule has 6 nitrogen and oxygen atoms in total. The van der Waals surface area contributed by atoms with Gasteiger partial charge in [-0.05, 0) is 29.7 Å². The molecule has 0 N–H and O–H groups in total. The van der Waals surface area contributed by atoms with Gasteiger partial charge in [0.15, 0.2) is 11.5 Å². The van der Waals surface area contributed by atoms with Gasteiger partial charge in [-0.2, -0.15) is 5.10 Å². The van der Waals surface area contributed by atoms with Gasteiger partial charge in [0.2, 0.25) is 10.6 Å². The number of nitrogens with zero attached hydrogens (tertiary/aromatic N) is 3. The number of rotatable bonds is 7. The second-order valence-electron chi connectivity index (χ2n) is 6.19. The molecule has 0 atom stereocenters. The zero-order chi connectivity index (χ0) is 20.8. The molecule has 3 aromatic rings. The van der Waals surface area contributed by atoms with Crippen LogP contribution in [0.4, 0.5) is 0 Å². The number of methoxy groups -OCH3 is 3. The predicted molar refractivity (Wildman–Crippen MR) is 118 cm³/mol. The summed E-state index contributed by atoms with van der Waals surface area (Å²) in [4.78, 5) is 5.14. The van der Waals surface area contributed by atoms with Crippen molar-refractivity contribution in [1.29, 1.82) is 0 Å². The summed E-state index contributed by atoms with van der Waals surface area (Å²) in [5.41, 5.74) is 4.10. The summed E-state index contributed by atoms with van der Waals surface area (Å²) in [6.07, 6.45) is 2.85. The Bertz CT molecular complexity index is 1040. The van der Waals surface area contributed by atoms with Crippen LogP contribution in [-0.4, -0.2) is 39.3 Å². The van der Waals surface area contributed by atoms with Crippen LogP contribution < -0.4 is 19.0 Å². The third-order valence-corrected chi connectivity index (χ3v) is 5.45. The molecule has 0 aliphatic carbocycles. The van der Waals surface area contributed by atoms with Crippen LogP contribution in [-0.2, 0) is 6.42 Å². The average Bonchev–Trinajstić information content (AvgIpc) is 3.19. The summed E-state index contributed by atoms with van der Waals surface area (Å²) in [6.45, 7) is 2.14. The van der Waals surface area contributed by atoms with E-state index in [1.165, 1.54) is 16.9 Å². The van der Waals surface area contributed by atoms with Crippen LogP contribution in [0.15, 0.2) is 51.9 Å². The molecule has 0 unspecified atom stereocenters. The Labute approximate surface area is 174 Å². The SMILES string of the molecule is CCc1ccc(C=Nn2c(-c3cc(OC)c(OC)c(OC)c3)csc2=NC)cc1. The van der Waals surface area contributed by atoms with Crippen LogP contribution in [0.3, 0.4) is 0 Å². The topological polar surface area (TPSA) is 57.3 Å². The molecule has 3 rings (SSSR count). The van der Waals surface area contributed by atoms with Crippen LogP contribution in [0.5, 0.6) is 17.2 Å². The van der Waals surface area contributed by atoms with Crippen molar-refractivity contribution >= 4 is 17.6 Å². The van der Waals surface area contributed by atoms with Gasteiger partial charge in [-0.15, -0.1) is 11.3 Å². The summed E-state index contributed by atoms with van der Waals surface area (Å²) in [6, 6.07) is 12.2. The average molecular weight is 412 g/mol. The van der Waals surface area contributed by atoms with E-state index < -0.39 is 0 Å². The van der Waals surface area contributed by atoms with Gasteiger partial charge in [0, 0.05) is 18.0 Å². The van der Waals surface area contributed by atoms with E-state index in [1.807, 2.05) is 28.4 Å². The fourth-order valence-electron chi connectivity index (χ4n) is 2.95. The van der Waals surface area contributed by atoms with Crippen LogP contribution in [0.25, 0.3) is 11.3 Å². The number of aromatic nitrogens is 1. The van der Waals surface area contributed by atoms with Crippen LogP contribution in [0, 0.1) is 0 Å². The van der Waals surface area contributed by atoms with Crippen molar-refractivity contribution in [2.24, 2.45) is 10.1 Å². The van der Waals surface area contributed by atoms with Crippen molar-refractivity contribution in [3.8, 4) is 28.5 Å². The van der Waals surface area contributed by atoms with Crippen molar-refractivity contribution in [3.05, 3.63) is 57.7 Å². The molecule has 29 heavy (non-hydrogen) atoms. The number of hydrogen-bond acceptors (Lipinski definition) is 6. The Balaban J connectivity index is 2.08. The number of benzene rings is 2. The molecule has 7 heteroatoms. The smallest absolute Gasteiger partial charge is 0.205 e. The lowest BCUT2D eigenvalue weighted by atomic mass is 10.1. The second-order valence-corrected chi connectivity index (χ2v) is 7.03. The van der Waals surface area contributed by atoms with Crippen LogP contribution >= 0.6 is 11.3 Å². The summed E-state index contributed by atoms with van der Waals surface area (Å²) in [5, 5.41) is 6.70. The van der Waals surface area contributed by atoms with Crippen molar-refractivity contribution < 1.29 is 14.2 Å². The fourth-order valence-corrected chi connectivity index (χ4v) is 3.76. The Morgan fingerprint density at radius 1 is 1.00 bits per heavy atom. The largest absolute Gasteiger partial charge is 0.493 e. The monoisotopic (exact) mass is 411 g/mol. The van der Waals surface area contributed by atoms with E-state index in [1.54, 1.807) is 28.4 Å². The Kier molecular flexibility index (Phi) is 6.72. The highest BCUT2D eigenvalue weighted by Crippen LogP contribution is 2.41. The highest BCUT2D eigenvalue weighted by molar-refractivity contribution is 7.07. The lowest BCUT2D eigenvalue weighted by Gasteiger charge is -2.14. The Morgan fingerprint density at radius 3 is 2.17 bits per heavy atom. The Hall–Kier alpha value is -3.06. The molecule has 0 radical (unpaired) electrons. The van der Waals surface area contributed by atoms with E-state index in [0.717, 1.165) is 28.0 Å². The summed E-state index contributed by atoms with van der Waals surface area (Å²) in [7, 11) is 6.56. The summed E-state index contributed by atoms with van der Waals surface area (Å²) in [5.74, 6) is 1.74. The molecule has 0 saturated carbocycles. The third kappa shape index (κ3) is 4.35. The number of aryl methyl sites for hydroxylation is 1. The van der Waals surface area contributed by atoms with Gasteiger partial charge >= 0.3 is 0 Å². The first-order chi connectivity index (χ1) is 14.1. The zero-order valence-corrected chi connectivity index (χ0v) is 18.1. The molecule has 0 saturated heterocycles. The fraction of sp³-hybridized carbons (Fsp3) is 0.273. The first-order valence-electron chi connectivity index (χ1n) is 9.22. The quantitative estimate of drug-likeness (QED) is 0.547. The molecule has 0 fully saturated rings. The molecule has 1 heterocycles. The molecule has 1 aromatic heterocycles. The van der Waals surface area contributed by atoms with E-state index in [4.69, 9.17) is 14.2 Å². The van der Waals surface area contributed by atoms with E-state index in [0.29, 0.717) is 17.2 Å². The lowest BCUT2D eigenvalue weighted by molar-refractivity contribution is 0.324. The normalized spacial score (nSPS) is 11.8. The van der Waals surface area contributed by atoms with Crippen molar-refractivity contribution in [1.82, 2.24) is 4.68 Å². The van der Waals surface area contributed by atoms with Gasteiger partial charge < -0.3 is 14.2 Å². The highest BCUT2D eigenvalue weighted by Gasteiger charge is 2.16. The van der Waals surface area contributed by atoms with Crippen LogP contribution in [0.2, 0.25) is 0 Å². The van der Waals surface area contributed by atoms with Gasteiger partial charge in [0.25, 0.3) is 0 Å². The molecule has 0 bridgehead atoms. The number of thiazole rings is 1. The van der Waals surface area contributed by atoms with Gasteiger partial charge in [0.1, 0.15) is 0 Å². The van der Waals surface area contributed by atoms with Crippen molar-refractivity contribution in [3.63, 3.8) is 0 Å². The maximum atomic E-state index is 5.49. The first-order valence-corrected chi connectivity index (χ1v) is 10.1. The van der Waals surface area contributed by atoms with E-state index in [9.17, 15) is 0 Å². The summed E-state index contributed by atoms with van der Waals surface area (Å²) < 4.78 is 18.2. The zero-order valence-electron chi connectivity index (χ0n) is 17.3. The number of hydrogen-bond donors (Lipinski definition) is 0. The Morgan fingerprint density at radius 2 is 1.66 bits per heavy atom. The van der Waals surface area contributed by atoms with Crippen molar-refractivity contribution in [2.75, 3.05) is 28.4 Å². The second kappa shape index (κ2) is 9.43. The van der Waals surface area contributed by atoms with E-state index in [2.05, 4.69) is 41.3 Å². The molecule has 0 aliphatic rings. The minimum atomic E-state index is 0.556. The molecule has 0 spiro atoms. The standard InChI is InChI=1S/C22H25N3O3S/c1-6-15-7-9-16(10-8-15)13-24-25-18(14-29-22(25)23-2)17-11-19(26-3)21(28-5)20(12-17)27-4/h7-14H,6H2,1-5H3. The molecular formula is C22H25N3O3S. The first kappa shape index (κ1) is 20.7. The minimum absolute atomic E-state index is 0.556. The van der Waals surface area contributed by atoms with E-state index >= 15 is 0 Å². The van der Waals surface area contributed by atoms with Crippen LogP contribution in [0.1, 0.15) is 18.1 Å². The van der Waals surface area contributed by atoms with Crippen molar-refractivity contribution in [2.45, 2.75) is 13.3 Å². The van der Waals surface area contributed by atoms with Gasteiger partial charge in [0.05, 0.1) is 33.2 Å². The summed E-state index contributed by atoms with van der Waals surface area (Å²) >= 11 is 1.52. The maximum Gasteiger partial charge on any atom is 0.205 e. The predicted octanol–water partition coefficient (Wildman–Crippen LogP) is 4.22. The third-order valence-electron chi connectivity index (χ3n) is 4.55. The maximum absolute atomic E-state index is 5.49. The highest BCUT2D eigenvalue weighted by atomic mass is 32.1. The molecule has 2 aromatic carbocycles. The molecule has 0 aliphatic heterocycles. The van der Waals surface area contributed by atoms with Gasteiger partial charge in [-0.25, -0.2) is 4.68 Å². The van der Waals surface area contributed by atoms with Gasteiger partial charge in [-0.1, -0.05) is 31.2 Å². The lowest BCUT2D eigenvalue weighted by Crippen LogP contribution is -2.11. The number of ether oxygens (including phenoxy) is 3. The molecule has 152 valence electrons. The van der Waals surface area contributed by atoms with E-state index in [-0.39, 0.29) is 0 Å².